The average molecular weight is 291 g/mol. The lowest BCUT2D eigenvalue weighted by molar-refractivity contribution is 0.0594. The van der Waals surface area contributed by atoms with Gasteiger partial charge in [0.05, 0.1) is 17.7 Å². The fraction of sp³-hybridized carbons (Fsp3) is 0.583. The minimum absolute atomic E-state index is 0.00604. The summed E-state index contributed by atoms with van der Waals surface area (Å²) in [6.07, 6.45) is 3.93. The van der Waals surface area contributed by atoms with E-state index < -0.39 is 0 Å². The second kappa shape index (κ2) is 5.95. The number of nitrogens with one attached hydrogen (secondary N) is 1. The minimum Gasteiger partial charge on any atom is -0.394 e. The third-order valence-corrected chi connectivity index (χ3v) is 4.00. The summed E-state index contributed by atoms with van der Waals surface area (Å²) in [5, 5.41) is 10.0. The fourth-order valence-electron chi connectivity index (χ4n) is 2.31. The van der Waals surface area contributed by atoms with Gasteiger partial charge in [-0.2, -0.15) is 0 Å². The van der Waals surface area contributed by atoms with Crippen LogP contribution < -0.4 is 0 Å². The van der Waals surface area contributed by atoms with Gasteiger partial charge in [-0.1, -0.05) is 36.0 Å². The van der Waals surface area contributed by atoms with Gasteiger partial charge < -0.3 is 15.0 Å². The number of rotatable bonds is 2. The standard InChI is InChI=1S/C12H16Cl2N2O2/c13-9-6-10(15-11(9)14)12(18)16-5-3-1-2-4-8(16)7-17/h6,8,15,17H,1-5,7H2. The molecule has 1 saturated heterocycles. The molecular weight excluding hydrogens is 275 g/mol. The van der Waals surface area contributed by atoms with Crippen molar-refractivity contribution in [3.05, 3.63) is 21.9 Å². The summed E-state index contributed by atoms with van der Waals surface area (Å²) < 4.78 is 0. The summed E-state index contributed by atoms with van der Waals surface area (Å²) in [4.78, 5) is 16.8. The highest BCUT2D eigenvalue weighted by Crippen LogP contribution is 2.24. The van der Waals surface area contributed by atoms with Gasteiger partial charge >= 0.3 is 0 Å². The van der Waals surface area contributed by atoms with Gasteiger partial charge in [0, 0.05) is 6.54 Å². The number of carbonyl (C=O) groups is 1. The highest BCUT2D eigenvalue weighted by molar-refractivity contribution is 6.41. The Morgan fingerprint density at radius 2 is 2.22 bits per heavy atom. The summed E-state index contributed by atoms with van der Waals surface area (Å²) in [5.74, 6) is -0.148. The Labute approximate surface area is 116 Å². The zero-order valence-corrected chi connectivity index (χ0v) is 11.5. The van der Waals surface area contributed by atoms with E-state index in [1.165, 1.54) is 6.07 Å². The van der Waals surface area contributed by atoms with Crippen molar-refractivity contribution in [2.24, 2.45) is 0 Å². The summed E-state index contributed by atoms with van der Waals surface area (Å²) in [7, 11) is 0. The topological polar surface area (TPSA) is 56.3 Å². The van der Waals surface area contributed by atoms with Gasteiger partial charge in [-0.05, 0) is 18.9 Å². The van der Waals surface area contributed by atoms with E-state index in [1.807, 2.05) is 0 Å². The van der Waals surface area contributed by atoms with Crippen LogP contribution in [0.15, 0.2) is 6.07 Å². The Balaban J connectivity index is 2.19. The van der Waals surface area contributed by atoms with E-state index in [4.69, 9.17) is 23.2 Å². The Kier molecular flexibility index (Phi) is 4.54. The average Bonchev–Trinajstić information content (AvgIpc) is 2.58. The molecule has 0 bridgehead atoms. The van der Waals surface area contributed by atoms with Gasteiger partial charge in [-0.25, -0.2) is 0 Å². The van der Waals surface area contributed by atoms with Crippen molar-refractivity contribution in [2.75, 3.05) is 13.2 Å². The number of aromatic nitrogens is 1. The molecule has 0 radical (unpaired) electrons. The molecule has 1 aliphatic heterocycles. The van der Waals surface area contributed by atoms with Crippen LogP contribution in [0.4, 0.5) is 0 Å². The predicted octanol–water partition coefficient (Wildman–Crippen LogP) is 2.70. The highest BCUT2D eigenvalue weighted by Gasteiger charge is 2.27. The van der Waals surface area contributed by atoms with E-state index in [1.54, 1.807) is 4.90 Å². The van der Waals surface area contributed by atoms with Gasteiger partial charge in [-0.3, -0.25) is 4.79 Å². The molecule has 6 heteroatoms. The summed E-state index contributed by atoms with van der Waals surface area (Å²) >= 11 is 11.6. The maximum absolute atomic E-state index is 12.4. The summed E-state index contributed by atoms with van der Waals surface area (Å²) in [5.41, 5.74) is 0.380. The number of halogens is 2. The van der Waals surface area contributed by atoms with Crippen molar-refractivity contribution in [1.82, 2.24) is 9.88 Å². The van der Waals surface area contributed by atoms with Crippen LogP contribution in [0, 0.1) is 0 Å². The zero-order valence-electron chi connectivity index (χ0n) is 9.96. The van der Waals surface area contributed by atoms with Crippen molar-refractivity contribution in [1.29, 1.82) is 0 Å². The van der Waals surface area contributed by atoms with Gasteiger partial charge in [0.25, 0.3) is 5.91 Å². The monoisotopic (exact) mass is 290 g/mol. The predicted molar refractivity (Wildman–Crippen MR) is 71.2 cm³/mol. The Morgan fingerprint density at radius 3 is 2.83 bits per heavy atom. The highest BCUT2D eigenvalue weighted by atomic mass is 35.5. The molecular formula is C12H16Cl2N2O2. The molecule has 1 amide bonds. The molecule has 1 aliphatic rings. The molecule has 0 aliphatic carbocycles. The molecule has 2 rings (SSSR count). The zero-order chi connectivity index (χ0) is 13.1. The molecule has 0 spiro atoms. The smallest absolute Gasteiger partial charge is 0.270 e. The van der Waals surface area contributed by atoms with Crippen molar-refractivity contribution < 1.29 is 9.90 Å². The third kappa shape index (κ3) is 2.82. The van der Waals surface area contributed by atoms with E-state index in [0.29, 0.717) is 17.3 Å². The van der Waals surface area contributed by atoms with E-state index in [9.17, 15) is 9.90 Å². The lowest BCUT2D eigenvalue weighted by Gasteiger charge is -2.28. The molecule has 2 N–H and O–H groups in total. The molecule has 4 nitrogen and oxygen atoms in total. The molecule has 1 aromatic rings. The summed E-state index contributed by atoms with van der Waals surface area (Å²) in [6.45, 7) is 0.659. The normalized spacial score (nSPS) is 20.8. The van der Waals surface area contributed by atoms with Crippen LogP contribution in [0.3, 0.4) is 0 Å². The number of hydrogen-bond donors (Lipinski definition) is 2. The first-order chi connectivity index (χ1) is 8.63. The second-order valence-corrected chi connectivity index (χ2v) is 5.31. The first kappa shape index (κ1) is 13.7. The van der Waals surface area contributed by atoms with Gasteiger partial charge in [0.2, 0.25) is 0 Å². The van der Waals surface area contributed by atoms with Crippen molar-refractivity contribution in [3.63, 3.8) is 0 Å². The SMILES string of the molecule is O=C(c1cc(Cl)c(Cl)[nH]1)N1CCCCCC1CO. The molecule has 1 unspecified atom stereocenters. The molecule has 18 heavy (non-hydrogen) atoms. The quantitative estimate of drug-likeness (QED) is 0.880. The second-order valence-electron chi connectivity index (χ2n) is 4.53. The number of carbonyl (C=O) groups excluding carboxylic acids is 1. The van der Waals surface area contributed by atoms with Gasteiger partial charge in [-0.15, -0.1) is 0 Å². The maximum atomic E-state index is 12.4. The van der Waals surface area contributed by atoms with Crippen LogP contribution in [-0.2, 0) is 0 Å². The largest absolute Gasteiger partial charge is 0.394 e. The molecule has 1 aromatic heterocycles. The van der Waals surface area contributed by atoms with E-state index in [-0.39, 0.29) is 23.7 Å². The Morgan fingerprint density at radius 1 is 1.44 bits per heavy atom. The number of aromatic amines is 1. The van der Waals surface area contributed by atoms with Crippen LogP contribution in [0.1, 0.15) is 36.2 Å². The molecule has 0 saturated carbocycles. The Hall–Kier alpha value is -0.710. The summed E-state index contributed by atoms with van der Waals surface area (Å²) in [6, 6.07) is 1.42. The van der Waals surface area contributed by atoms with Crippen molar-refractivity contribution >= 4 is 29.1 Å². The number of likely N-dealkylation sites (tertiary alicyclic amines) is 1. The molecule has 2 heterocycles. The Bertz CT molecular complexity index is 414. The molecule has 1 fully saturated rings. The number of aliphatic hydroxyl groups is 1. The van der Waals surface area contributed by atoms with E-state index in [2.05, 4.69) is 4.98 Å². The van der Waals surface area contributed by atoms with E-state index in [0.717, 1.165) is 25.7 Å². The fourth-order valence-corrected chi connectivity index (χ4v) is 2.62. The van der Waals surface area contributed by atoms with Crippen LogP contribution in [0.2, 0.25) is 10.2 Å². The van der Waals surface area contributed by atoms with E-state index >= 15 is 0 Å². The minimum atomic E-state index is -0.148. The van der Waals surface area contributed by atoms with Gasteiger partial charge in [0.1, 0.15) is 10.8 Å². The number of H-pyrrole nitrogens is 1. The van der Waals surface area contributed by atoms with Crippen LogP contribution >= 0.6 is 23.2 Å². The van der Waals surface area contributed by atoms with Crippen molar-refractivity contribution in [3.8, 4) is 0 Å². The molecule has 1 atom stereocenters. The molecule has 100 valence electrons. The first-order valence-corrected chi connectivity index (χ1v) is 6.85. The lowest BCUT2D eigenvalue weighted by atomic mass is 10.1. The molecule has 0 aromatic carbocycles. The first-order valence-electron chi connectivity index (χ1n) is 6.09. The van der Waals surface area contributed by atoms with Crippen LogP contribution in [0.25, 0.3) is 0 Å². The number of nitrogens with zero attached hydrogens (tertiary/aromatic N) is 1. The number of aliphatic hydroxyl groups excluding tert-OH is 1. The van der Waals surface area contributed by atoms with Crippen LogP contribution in [0.5, 0.6) is 0 Å². The number of amides is 1. The lowest BCUT2D eigenvalue weighted by Crippen LogP contribution is -2.42. The number of hydrogen-bond acceptors (Lipinski definition) is 2. The van der Waals surface area contributed by atoms with Crippen LogP contribution in [-0.4, -0.2) is 40.1 Å². The van der Waals surface area contributed by atoms with Crippen molar-refractivity contribution in [2.45, 2.75) is 31.7 Å². The maximum Gasteiger partial charge on any atom is 0.270 e. The third-order valence-electron chi connectivity index (χ3n) is 3.30. The van der Waals surface area contributed by atoms with Gasteiger partial charge in [0.15, 0.2) is 0 Å².